The number of aromatic amines is 1. The number of carbonyl (C=O) groups is 1. The van der Waals surface area contributed by atoms with Crippen molar-refractivity contribution in [2.24, 2.45) is 5.92 Å². The first-order valence-electron chi connectivity index (χ1n) is 7.26. The third-order valence-electron chi connectivity index (χ3n) is 4.08. The molecule has 2 rings (SSSR count). The van der Waals surface area contributed by atoms with E-state index in [1.54, 1.807) is 0 Å². The second-order valence-electron chi connectivity index (χ2n) is 5.85. The maximum Gasteiger partial charge on any atom is 0.303 e. The van der Waals surface area contributed by atoms with Gasteiger partial charge in [0.1, 0.15) is 0 Å². The molecule has 0 aliphatic carbocycles. The molecule has 1 aromatic carbocycles. The van der Waals surface area contributed by atoms with Crippen molar-refractivity contribution in [2.75, 3.05) is 0 Å². The lowest BCUT2D eigenvalue weighted by Crippen LogP contribution is -2.13. The van der Waals surface area contributed by atoms with Crippen molar-refractivity contribution in [1.82, 2.24) is 4.98 Å². The molecule has 1 unspecified atom stereocenters. The summed E-state index contributed by atoms with van der Waals surface area (Å²) in [6, 6.07) is 6.43. The van der Waals surface area contributed by atoms with Crippen molar-refractivity contribution in [3.05, 3.63) is 35.0 Å². The number of rotatable bonds is 5. The van der Waals surface area contributed by atoms with Crippen molar-refractivity contribution in [1.29, 1.82) is 0 Å². The summed E-state index contributed by atoms with van der Waals surface area (Å²) in [4.78, 5) is 14.6. The number of hydrogen-bond donors (Lipinski definition) is 2. The summed E-state index contributed by atoms with van der Waals surface area (Å²) in [6.07, 6.45) is 1.17. The molecule has 1 aromatic heterocycles. The van der Waals surface area contributed by atoms with Gasteiger partial charge in [0.15, 0.2) is 0 Å². The topological polar surface area (TPSA) is 53.1 Å². The third-order valence-corrected chi connectivity index (χ3v) is 4.08. The normalized spacial score (nSPS) is 13.1. The first-order chi connectivity index (χ1) is 9.43. The number of nitrogens with one attached hydrogen (secondary N) is 1. The fraction of sp³-hybridized carbons (Fsp3) is 0.471. The SMILES string of the molecule is CCc1ccc2[nH]c(C)c(C(CC(=O)O)C(C)C)c2c1. The predicted octanol–water partition coefficient (Wildman–Crippen LogP) is 4.25. The summed E-state index contributed by atoms with van der Waals surface area (Å²) in [5.41, 5.74) is 4.65. The Kier molecular flexibility index (Phi) is 4.17. The monoisotopic (exact) mass is 273 g/mol. The van der Waals surface area contributed by atoms with Crippen LogP contribution in [0.2, 0.25) is 0 Å². The molecular weight excluding hydrogens is 250 g/mol. The van der Waals surface area contributed by atoms with Crippen molar-refractivity contribution >= 4 is 16.9 Å². The Balaban J connectivity index is 2.60. The Bertz CT molecular complexity index is 625. The van der Waals surface area contributed by atoms with E-state index in [2.05, 4.69) is 44.0 Å². The van der Waals surface area contributed by atoms with Gasteiger partial charge in [0, 0.05) is 16.6 Å². The molecule has 0 radical (unpaired) electrons. The summed E-state index contributed by atoms with van der Waals surface area (Å²) in [5, 5.41) is 10.4. The van der Waals surface area contributed by atoms with Crippen molar-refractivity contribution < 1.29 is 9.90 Å². The number of carboxylic acid groups (broad SMARTS) is 1. The molecule has 108 valence electrons. The van der Waals surface area contributed by atoms with Gasteiger partial charge in [-0.1, -0.05) is 26.8 Å². The first-order valence-corrected chi connectivity index (χ1v) is 7.26. The molecule has 0 bridgehead atoms. The molecule has 3 nitrogen and oxygen atoms in total. The van der Waals surface area contributed by atoms with Crippen LogP contribution in [0.3, 0.4) is 0 Å². The van der Waals surface area contributed by atoms with Gasteiger partial charge in [0.2, 0.25) is 0 Å². The van der Waals surface area contributed by atoms with Gasteiger partial charge in [-0.05, 0) is 48.4 Å². The zero-order valence-electron chi connectivity index (χ0n) is 12.7. The molecular formula is C17H23NO2. The Hall–Kier alpha value is -1.77. The van der Waals surface area contributed by atoms with E-state index in [0.29, 0.717) is 5.92 Å². The number of hydrogen-bond acceptors (Lipinski definition) is 1. The van der Waals surface area contributed by atoms with E-state index in [1.807, 2.05) is 6.92 Å². The fourth-order valence-corrected chi connectivity index (χ4v) is 2.95. The van der Waals surface area contributed by atoms with E-state index in [-0.39, 0.29) is 12.3 Å². The van der Waals surface area contributed by atoms with Gasteiger partial charge < -0.3 is 10.1 Å². The van der Waals surface area contributed by atoms with Crippen LogP contribution in [0.4, 0.5) is 0 Å². The minimum Gasteiger partial charge on any atom is -0.481 e. The van der Waals surface area contributed by atoms with Crippen LogP contribution in [0.5, 0.6) is 0 Å². The lowest BCUT2D eigenvalue weighted by atomic mass is 9.84. The van der Waals surface area contributed by atoms with Crippen molar-refractivity contribution in [2.45, 2.75) is 46.5 Å². The molecule has 0 aliphatic heterocycles. The highest BCUT2D eigenvalue weighted by Crippen LogP contribution is 2.36. The summed E-state index contributed by atoms with van der Waals surface area (Å²) in [5.74, 6) is -0.383. The van der Waals surface area contributed by atoms with Crippen LogP contribution in [-0.4, -0.2) is 16.1 Å². The van der Waals surface area contributed by atoms with Crippen LogP contribution < -0.4 is 0 Å². The number of aryl methyl sites for hydroxylation is 2. The van der Waals surface area contributed by atoms with Crippen LogP contribution >= 0.6 is 0 Å². The van der Waals surface area contributed by atoms with Crippen LogP contribution in [0, 0.1) is 12.8 Å². The molecule has 1 heterocycles. The van der Waals surface area contributed by atoms with Gasteiger partial charge in [-0.3, -0.25) is 4.79 Å². The summed E-state index contributed by atoms with van der Waals surface area (Å²) in [7, 11) is 0. The number of fused-ring (bicyclic) bond motifs is 1. The molecule has 2 aromatic rings. The van der Waals surface area contributed by atoms with E-state index in [0.717, 1.165) is 17.6 Å². The Morgan fingerprint density at radius 3 is 2.60 bits per heavy atom. The fourth-order valence-electron chi connectivity index (χ4n) is 2.95. The maximum atomic E-state index is 11.2. The molecule has 2 N–H and O–H groups in total. The molecule has 0 aliphatic rings. The lowest BCUT2D eigenvalue weighted by molar-refractivity contribution is -0.137. The third kappa shape index (κ3) is 2.72. The molecule has 20 heavy (non-hydrogen) atoms. The number of H-pyrrole nitrogens is 1. The minimum atomic E-state index is -0.732. The maximum absolute atomic E-state index is 11.2. The van der Waals surface area contributed by atoms with E-state index in [1.165, 1.54) is 16.5 Å². The minimum absolute atomic E-state index is 0.0494. The highest BCUT2D eigenvalue weighted by Gasteiger charge is 2.24. The first kappa shape index (κ1) is 14.6. The lowest BCUT2D eigenvalue weighted by Gasteiger charge is -2.20. The molecule has 0 fully saturated rings. The highest BCUT2D eigenvalue weighted by atomic mass is 16.4. The van der Waals surface area contributed by atoms with Gasteiger partial charge in [-0.15, -0.1) is 0 Å². The molecule has 0 saturated carbocycles. The number of aromatic nitrogens is 1. The van der Waals surface area contributed by atoms with Gasteiger partial charge in [-0.2, -0.15) is 0 Å². The Morgan fingerprint density at radius 1 is 1.35 bits per heavy atom. The Labute approximate surface area is 120 Å². The van der Waals surface area contributed by atoms with Crippen molar-refractivity contribution in [3.63, 3.8) is 0 Å². The average molecular weight is 273 g/mol. The number of benzene rings is 1. The second-order valence-corrected chi connectivity index (χ2v) is 5.85. The largest absolute Gasteiger partial charge is 0.481 e. The average Bonchev–Trinajstić information content (AvgIpc) is 2.70. The molecule has 1 atom stereocenters. The van der Waals surface area contributed by atoms with E-state index >= 15 is 0 Å². The van der Waals surface area contributed by atoms with Crippen LogP contribution in [0.25, 0.3) is 10.9 Å². The molecule has 0 spiro atoms. The Morgan fingerprint density at radius 2 is 2.05 bits per heavy atom. The van der Waals surface area contributed by atoms with E-state index < -0.39 is 5.97 Å². The second kappa shape index (κ2) is 5.70. The summed E-state index contributed by atoms with van der Waals surface area (Å²) < 4.78 is 0. The van der Waals surface area contributed by atoms with Crippen LogP contribution in [-0.2, 0) is 11.2 Å². The molecule has 0 saturated heterocycles. The van der Waals surface area contributed by atoms with Crippen molar-refractivity contribution in [3.8, 4) is 0 Å². The molecule has 0 amide bonds. The summed E-state index contributed by atoms with van der Waals surface area (Å²) >= 11 is 0. The number of aliphatic carboxylic acids is 1. The van der Waals surface area contributed by atoms with Gasteiger partial charge >= 0.3 is 5.97 Å². The standard InChI is InChI=1S/C17H23NO2/c1-5-12-6-7-15-14(8-12)17(11(4)18-15)13(10(2)3)9-16(19)20/h6-8,10,13,18H,5,9H2,1-4H3,(H,19,20). The van der Waals surface area contributed by atoms with E-state index in [4.69, 9.17) is 0 Å². The van der Waals surface area contributed by atoms with Crippen LogP contribution in [0.15, 0.2) is 18.2 Å². The van der Waals surface area contributed by atoms with Gasteiger partial charge in [-0.25, -0.2) is 0 Å². The highest BCUT2D eigenvalue weighted by molar-refractivity contribution is 5.86. The van der Waals surface area contributed by atoms with Crippen LogP contribution in [0.1, 0.15) is 49.9 Å². The number of carboxylic acids is 1. The smallest absolute Gasteiger partial charge is 0.303 e. The molecule has 3 heteroatoms. The van der Waals surface area contributed by atoms with Gasteiger partial charge in [0.25, 0.3) is 0 Å². The predicted molar refractivity (Wildman–Crippen MR) is 82.2 cm³/mol. The summed E-state index contributed by atoms with van der Waals surface area (Å²) in [6.45, 7) is 8.36. The quantitative estimate of drug-likeness (QED) is 0.855. The van der Waals surface area contributed by atoms with E-state index in [9.17, 15) is 9.90 Å². The zero-order chi connectivity index (χ0) is 14.9. The zero-order valence-corrected chi connectivity index (χ0v) is 12.7. The van der Waals surface area contributed by atoms with Gasteiger partial charge in [0.05, 0.1) is 6.42 Å².